The Morgan fingerprint density at radius 1 is 1.00 bits per heavy atom. The molecule has 1 amide bonds. The molecule has 27 heavy (non-hydrogen) atoms. The molecular formula is C21H24F3NO2. The highest BCUT2D eigenvalue weighted by atomic mass is 19.4. The molecule has 146 valence electrons. The van der Waals surface area contributed by atoms with Crippen molar-refractivity contribution in [1.29, 1.82) is 0 Å². The number of amides is 1. The fourth-order valence-electron chi connectivity index (χ4n) is 2.59. The average Bonchev–Trinajstić information content (AvgIpc) is 2.57. The topological polar surface area (TPSA) is 38.3 Å². The minimum Gasteiger partial charge on any atom is -0.405 e. The lowest BCUT2D eigenvalue weighted by molar-refractivity contribution is -0.274. The first kappa shape index (κ1) is 20.8. The third-order valence-corrected chi connectivity index (χ3v) is 4.14. The molecule has 0 saturated carbocycles. The normalized spacial score (nSPS) is 11.9. The van der Waals surface area contributed by atoms with Gasteiger partial charge in [-0.15, -0.1) is 13.2 Å². The van der Waals surface area contributed by atoms with Crippen LogP contribution in [-0.2, 0) is 23.2 Å². The van der Waals surface area contributed by atoms with Gasteiger partial charge in [0.25, 0.3) is 0 Å². The van der Waals surface area contributed by atoms with E-state index >= 15 is 0 Å². The van der Waals surface area contributed by atoms with E-state index in [1.54, 1.807) is 6.07 Å². The first-order valence-electron chi connectivity index (χ1n) is 8.74. The first-order chi connectivity index (χ1) is 12.5. The van der Waals surface area contributed by atoms with Crippen LogP contribution in [0.25, 0.3) is 0 Å². The van der Waals surface area contributed by atoms with Gasteiger partial charge in [0.15, 0.2) is 0 Å². The molecule has 0 aromatic heterocycles. The summed E-state index contributed by atoms with van der Waals surface area (Å²) >= 11 is 0. The summed E-state index contributed by atoms with van der Waals surface area (Å²) < 4.78 is 41.2. The van der Waals surface area contributed by atoms with Gasteiger partial charge in [-0.25, -0.2) is 0 Å². The van der Waals surface area contributed by atoms with Crippen molar-refractivity contribution in [1.82, 2.24) is 5.32 Å². The van der Waals surface area contributed by atoms with Crippen LogP contribution < -0.4 is 10.1 Å². The van der Waals surface area contributed by atoms with Crippen molar-refractivity contribution in [3.05, 3.63) is 65.2 Å². The zero-order chi connectivity index (χ0) is 20.1. The smallest absolute Gasteiger partial charge is 0.405 e. The Balaban J connectivity index is 1.87. The fraction of sp³-hybridized carbons (Fsp3) is 0.381. The summed E-state index contributed by atoms with van der Waals surface area (Å²) in [5, 5.41) is 2.64. The van der Waals surface area contributed by atoms with Crippen LogP contribution in [-0.4, -0.2) is 12.3 Å². The van der Waals surface area contributed by atoms with Crippen molar-refractivity contribution in [2.75, 3.05) is 0 Å². The maximum absolute atomic E-state index is 12.4. The van der Waals surface area contributed by atoms with Crippen LogP contribution in [0.2, 0.25) is 0 Å². The summed E-state index contributed by atoms with van der Waals surface area (Å²) in [6.45, 7) is 6.38. The molecule has 0 fully saturated rings. The Bertz CT molecular complexity index is 762. The number of halogens is 3. The molecule has 0 spiro atoms. The van der Waals surface area contributed by atoms with Gasteiger partial charge >= 0.3 is 6.36 Å². The molecule has 0 bridgehead atoms. The summed E-state index contributed by atoms with van der Waals surface area (Å²) in [5.74, 6) is -0.528. The first-order valence-corrected chi connectivity index (χ1v) is 8.74. The van der Waals surface area contributed by atoms with Gasteiger partial charge in [0.2, 0.25) is 5.91 Å². The van der Waals surface area contributed by atoms with Gasteiger partial charge in [-0.1, -0.05) is 63.2 Å². The number of hydrogen-bond donors (Lipinski definition) is 1. The van der Waals surface area contributed by atoms with E-state index in [9.17, 15) is 18.0 Å². The number of ether oxygens (including phenoxy) is 1. The van der Waals surface area contributed by atoms with E-state index in [1.807, 2.05) is 12.1 Å². The Labute approximate surface area is 157 Å². The number of benzene rings is 2. The highest BCUT2D eigenvalue weighted by Gasteiger charge is 2.31. The summed E-state index contributed by atoms with van der Waals surface area (Å²) in [6.07, 6.45) is -3.94. The molecule has 6 heteroatoms. The summed E-state index contributed by atoms with van der Waals surface area (Å²) in [7, 11) is 0. The number of rotatable bonds is 6. The number of hydrogen-bond acceptors (Lipinski definition) is 2. The second kappa shape index (κ2) is 8.46. The Morgan fingerprint density at radius 3 is 2.22 bits per heavy atom. The second-order valence-corrected chi connectivity index (χ2v) is 7.38. The lowest BCUT2D eigenvalue weighted by Crippen LogP contribution is -2.24. The number of para-hydroxylation sites is 1. The van der Waals surface area contributed by atoms with Crippen molar-refractivity contribution in [3.8, 4) is 5.75 Å². The van der Waals surface area contributed by atoms with E-state index in [0.29, 0.717) is 6.42 Å². The average molecular weight is 379 g/mol. The SMILES string of the molecule is CC(C)(C)c1ccc(CCC(=O)NCc2ccccc2OC(F)(F)F)cc1. The molecule has 1 N–H and O–H groups in total. The molecule has 3 nitrogen and oxygen atoms in total. The van der Waals surface area contributed by atoms with Crippen LogP contribution in [0, 0.1) is 0 Å². The van der Waals surface area contributed by atoms with Crippen LogP contribution in [0.5, 0.6) is 5.75 Å². The quantitative estimate of drug-likeness (QED) is 0.755. The van der Waals surface area contributed by atoms with Crippen LogP contribution in [0.3, 0.4) is 0 Å². The molecule has 0 radical (unpaired) electrons. The molecule has 2 rings (SSSR count). The molecule has 0 aliphatic rings. The maximum Gasteiger partial charge on any atom is 0.573 e. The van der Waals surface area contributed by atoms with E-state index < -0.39 is 6.36 Å². The van der Waals surface area contributed by atoms with Gasteiger partial charge in [-0.3, -0.25) is 4.79 Å². The van der Waals surface area contributed by atoms with Gasteiger partial charge in [-0.2, -0.15) is 0 Å². The Morgan fingerprint density at radius 2 is 1.63 bits per heavy atom. The fourth-order valence-corrected chi connectivity index (χ4v) is 2.59. The van der Waals surface area contributed by atoms with Crippen LogP contribution in [0.4, 0.5) is 13.2 Å². The van der Waals surface area contributed by atoms with Crippen LogP contribution in [0.15, 0.2) is 48.5 Å². The highest BCUT2D eigenvalue weighted by molar-refractivity contribution is 5.76. The van der Waals surface area contributed by atoms with Gasteiger partial charge < -0.3 is 10.1 Å². The zero-order valence-corrected chi connectivity index (χ0v) is 15.7. The standard InChI is InChI=1S/C21H24F3NO2/c1-20(2,3)17-11-8-15(9-12-17)10-13-19(26)25-14-16-6-4-5-7-18(16)27-21(22,23)24/h4-9,11-12H,10,13-14H2,1-3H3,(H,25,26). The highest BCUT2D eigenvalue weighted by Crippen LogP contribution is 2.26. The molecule has 0 atom stereocenters. The van der Waals surface area contributed by atoms with E-state index in [-0.39, 0.29) is 35.6 Å². The van der Waals surface area contributed by atoms with E-state index in [4.69, 9.17) is 0 Å². The van der Waals surface area contributed by atoms with Crippen molar-refractivity contribution >= 4 is 5.91 Å². The van der Waals surface area contributed by atoms with Crippen LogP contribution >= 0.6 is 0 Å². The van der Waals surface area contributed by atoms with Crippen LogP contribution in [0.1, 0.15) is 43.9 Å². The number of alkyl halides is 3. The zero-order valence-electron chi connectivity index (χ0n) is 15.7. The predicted octanol–water partition coefficient (Wildman–Crippen LogP) is 5.13. The molecule has 0 aliphatic heterocycles. The molecule has 0 aliphatic carbocycles. The lowest BCUT2D eigenvalue weighted by Gasteiger charge is -2.19. The van der Waals surface area contributed by atoms with Gasteiger partial charge in [0, 0.05) is 18.5 Å². The molecule has 0 saturated heterocycles. The van der Waals surface area contributed by atoms with E-state index in [2.05, 4.69) is 43.0 Å². The minimum atomic E-state index is -4.76. The van der Waals surface area contributed by atoms with E-state index in [1.165, 1.54) is 23.8 Å². The van der Waals surface area contributed by atoms with Gasteiger partial charge in [0.1, 0.15) is 5.75 Å². The van der Waals surface area contributed by atoms with Crippen molar-refractivity contribution in [3.63, 3.8) is 0 Å². The second-order valence-electron chi connectivity index (χ2n) is 7.38. The van der Waals surface area contributed by atoms with Gasteiger partial charge in [-0.05, 0) is 29.0 Å². The number of carbonyl (C=O) groups excluding carboxylic acids is 1. The molecule has 2 aromatic rings. The van der Waals surface area contributed by atoms with E-state index in [0.717, 1.165) is 5.56 Å². The Kier molecular flexibility index (Phi) is 6.52. The summed E-state index contributed by atoms with van der Waals surface area (Å²) in [4.78, 5) is 12.0. The maximum atomic E-state index is 12.4. The van der Waals surface area contributed by atoms with Crippen molar-refractivity contribution < 1.29 is 22.7 Å². The Hall–Kier alpha value is -2.50. The molecular weight excluding hydrogens is 355 g/mol. The number of nitrogens with one attached hydrogen (secondary N) is 1. The lowest BCUT2D eigenvalue weighted by atomic mass is 9.86. The summed E-state index contributed by atoms with van der Waals surface area (Å²) in [5.41, 5.74) is 2.61. The molecule has 0 unspecified atom stereocenters. The largest absolute Gasteiger partial charge is 0.573 e. The third kappa shape index (κ3) is 6.96. The monoisotopic (exact) mass is 379 g/mol. The minimum absolute atomic E-state index is 0.0198. The number of aryl methyl sites for hydroxylation is 1. The molecule has 2 aromatic carbocycles. The number of carbonyl (C=O) groups is 1. The van der Waals surface area contributed by atoms with Crippen molar-refractivity contribution in [2.45, 2.75) is 51.9 Å². The van der Waals surface area contributed by atoms with Crippen molar-refractivity contribution in [2.24, 2.45) is 0 Å². The van der Waals surface area contributed by atoms with Gasteiger partial charge in [0.05, 0.1) is 0 Å². The predicted molar refractivity (Wildman–Crippen MR) is 98.4 cm³/mol. The third-order valence-electron chi connectivity index (χ3n) is 4.14. The summed E-state index contributed by atoms with van der Waals surface area (Å²) in [6, 6.07) is 13.9. The molecule has 0 heterocycles.